The van der Waals surface area contributed by atoms with Gasteiger partial charge in [0.1, 0.15) is 0 Å². The second-order valence-electron chi connectivity index (χ2n) is 11.0. The maximum Gasteiger partial charge on any atom is -0.00943 e. The van der Waals surface area contributed by atoms with E-state index in [1.165, 1.54) is 52.1 Å². The molecule has 0 aliphatic heterocycles. The van der Waals surface area contributed by atoms with Crippen molar-refractivity contribution in [1.82, 2.24) is 0 Å². The van der Waals surface area contributed by atoms with Gasteiger partial charge in [-0.1, -0.05) is 133 Å². The first-order valence-corrected chi connectivity index (χ1v) is 16.6. The van der Waals surface area contributed by atoms with Gasteiger partial charge in [0.05, 0.1) is 0 Å². The van der Waals surface area contributed by atoms with Gasteiger partial charge in [-0.25, -0.2) is 0 Å². The molecule has 0 N–H and O–H groups in total. The summed E-state index contributed by atoms with van der Waals surface area (Å²) in [5.74, 6) is 0.722. The van der Waals surface area contributed by atoms with E-state index in [0.29, 0.717) is 5.66 Å². The van der Waals surface area contributed by atoms with E-state index in [0.717, 1.165) is 11.6 Å². The van der Waals surface area contributed by atoms with Crippen LogP contribution in [0.15, 0.2) is 97.1 Å². The van der Waals surface area contributed by atoms with E-state index in [1.807, 2.05) is 0 Å². The molecule has 0 spiro atoms. The summed E-state index contributed by atoms with van der Waals surface area (Å²) in [5, 5.41) is 6.18. The number of rotatable bonds is 7. The Morgan fingerprint density at radius 1 is 0.568 bits per heavy atom. The summed E-state index contributed by atoms with van der Waals surface area (Å²) in [4.78, 5) is 0. The lowest BCUT2D eigenvalue weighted by atomic mass is 10.0. The molecule has 2 heteroatoms. The van der Waals surface area contributed by atoms with E-state index in [4.69, 9.17) is 0 Å². The normalized spacial score (nSPS) is 18.5. The van der Waals surface area contributed by atoms with Crippen LogP contribution in [0.2, 0.25) is 0 Å². The fraction of sp³-hybridized carbons (Fsp3) is 0.314. The molecule has 190 valence electrons. The van der Waals surface area contributed by atoms with Gasteiger partial charge in [-0.2, -0.15) is 0 Å². The van der Waals surface area contributed by atoms with Crippen LogP contribution < -0.4 is 21.2 Å². The molecule has 0 bridgehead atoms. The third-order valence-electron chi connectivity index (χ3n) is 7.93. The number of aryl methyl sites for hydroxylation is 4. The Morgan fingerprint density at radius 3 is 1.43 bits per heavy atom. The molecule has 0 aromatic heterocycles. The molecule has 37 heavy (non-hydrogen) atoms. The molecule has 2 unspecified atom stereocenters. The highest BCUT2D eigenvalue weighted by Crippen LogP contribution is 2.56. The summed E-state index contributed by atoms with van der Waals surface area (Å²) in [6.07, 6.45) is 4.03. The molecule has 1 saturated carbocycles. The molecule has 0 amide bonds. The molecular weight excluding hydrogens is 482 g/mol. The zero-order chi connectivity index (χ0) is 25.9. The Hall–Kier alpha value is -2.26. The third kappa shape index (κ3) is 5.93. The molecule has 4 aromatic carbocycles. The summed E-state index contributed by atoms with van der Waals surface area (Å²) in [6, 6.07) is 37.4. The Morgan fingerprint density at radius 2 is 1.00 bits per heavy atom. The second kappa shape index (κ2) is 11.6. The van der Waals surface area contributed by atoms with Crippen LogP contribution in [-0.2, 0) is 0 Å². The quantitative estimate of drug-likeness (QED) is 0.216. The molecule has 5 rings (SSSR count). The van der Waals surface area contributed by atoms with Crippen molar-refractivity contribution in [3.05, 3.63) is 119 Å². The zero-order valence-electron chi connectivity index (χ0n) is 23.0. The minimum atomic E-state index is -0.467. The number of benzene rings is 4. The Kier molecular flexibility index (Phi) is 8.29. The average Bonchev–Trinajstić information content (AvgIpc) is 3.34. The van der Waals surface area contributed by atoms with Crippen molar-refractivity contribution in [3.8, 4) is 0 Å². The number of hydrogen-bond acceptors (Lipinski definition) is 0. The van der Waals surface area contributed by atoms with Gasteiger partial charge in [0.25, 0.3) is 0 Å². The Balaban J connectivity index is 1.60. The first kappa shape index (κ1) is 26.4. The SMILES string of the molecule is Cc1cc(C)cc(P(c2cc(C)cc(C)c2)[C@@H](C)C2CCCC2P(c2ccccc2)c2ccccc2)c1. The first-order valence-electron chi connectivity index (χ1n) is 13.8. The van der Waals surface area contributed by atoms with Crippen molar-refractivity contribution >= 4 is 37.1 Å². The van der Waals surface area contributed by atoms with Crippen LogP contribution in [-0.4, -0.2) is 11.3 Å². The van der Waals surface area contributed by atoms with E-state index in [1.54, 1.807) is 10.6 Å². The molecule has 3 atom stereocenters. The molecule has 0 saturated heterocycles. The van der Waals surface area contributed by atoms with E-state index < -0.39 is 15.8 Å². The topological polar surface area (TPSA) is 0 Å². The Labute approximate surface area is 227 Å². The van der Waals surface area contributed by atoms with Gasteiger partial charge in [-0.3, -0.25) is 0 Å². The summed E-state index contributed by atoms with van der Waals surface area (Å²) < 4.78 is 0. The lowest BCUT2D eigenvalue weighted by Gasteiger charge is -2.37. The van der Waals surface area contributed by atoms with Gasteiger partial charge < -0.3 is 0 Å². The zero-order valence-corrected chi connectivity index (χ0v) is 24.8. The van der Waals surface area contributed by atoms with Crippen molar-refractivity contribution in [1.29, 1.82) is 0 Å². The molecule has 4 aromatic rings. The van der Waals surface area contributed by atoms with Crippen LogP contribution in [0.25, 0.3) is 0 Å². The van der Waals surface area contributed by atoms with Crippen LogP contribution >= 0.6 is 15.8 Å². The van der Waals surface area contributed by atoms with Gasteiger partial charge in [0.15, 0.2) is 0 Å². The van der Waals surface area contributed by atoms with Crippen molar-refractivity contribution in [2.45, 2.75) is 65.2 Å². The summed E-state index contributed by atoms with van der Waals surface area (Å²) >= 11 is 0. The van der Waals surface area contributed by atoms with Gasteiger partial charge in [0.2, 0.25) is 0 Å². The lowest BCUT2D eigenvalue weighted by molar-refractivity contribution is 0.548. The second-order valence-corrected chi connectivity index (χ2v) is 16.0. The third-order valence-corrected chi connectivity index (χ3v) is 13.8. The summed E-state index contributed by atoms with van der Waals surface area (Å²) in [6.45, 7) is 11.6. The standard InChI is InChI=1S/C35H40P2/c1-25-19-26(2)22-32(21-25)36(33-23-27(3)20-28(4)24-33)29(5)34-17-12-18-35(34)37(30-13-8-6-9-14-30)31-15-10-7-11-16-31/h6-11,13-16,19-24,29,34-35H,12,17-18H2,1-5H3/t29-,34?,35?/m0/s1. The van der Waals surface area contributed by atoms with Crippen molar-refractivity contribution in [3.63, 3.8) is 0 Å². The molecular formula is C35H40P2. The lowest BCUT2D eigenvalue weighted by Crippen LogP contribution is -2.33. The largest absolute Gasteiger partial charge is 0.0622 e. The van der Waals surface area contributed by atoms with Crippen LogP contribution in [0, 0.1) is 33.6 Å². The van der Waals surface area contributed by atoms with Crippen LogP contribution in [0.5, 0.6) is 0 Å². The predicted octanol–water partition coefficient (Wildman–Crippen LogP) is 8.04. The van der Waals surface area contributed by atoms with Crippen LogP contribution in [0.3, 0.4) is 0 Å². The van der Waals surface area contributed by atoms with Gasteiger partial charge >= 0.3 is 0 Å². The highest BCUT2D eigenvalue weighted by atomic mass is 31.1. The van der Waals surface area contributed by atoms with Crippen LogP contribution in [0.4, 0.5) is 0 Å². The smallest absolute Gasteiger partial charge is 0.00943 e. The predicted molar refractivity (Wildman–Crippen MR) is 168 cm³/mol. The van der Waals surface area contributed by atoms with E-state index in [2.05, 4.69) is 132 Å². The molecule has 1 aliphatic carbocycles. The fourth-order valence-corrected chi connectivity index (χ4v) is 13.3. The molecule has 0 heterocycles. The minimum absolute atomic E-state index is 0.401. The summed E-state index contributed by atoms with van der Waals surface area (Å²) in [5.41, 5.74) is 6.89. The van der Waals surface area contributed by atoms with Gasteiger partial charge in [-0.15, -0.1) is 0 Å². The highest BCUT2D eigenvalue weighted by Gasteiger charge is 2.41. The van der Waals surface area contributed by atoms with Gasteiger partial charge in [0, 0.05) is 0 Å². The molecule has 0 radical (unpaired) electrons. The van der Waals surface area contributed by atoms with Crippen LogP contribution in [0.1, 0.15) is 48.4 Å². The van der Waals surface area contributed by atoms with Crippen molar-refractivity contribution in [2.75, 3.05) is 0 Å². The van der Waals surface area contributed by atoms with Crippen molar-refractivity contribution in [2.24, 2.45) is 5.92 Å². The average molecular weight is 523 g/mol. The maximum atomic E-state index is 2.59. The molecule has 0 nitrogen and oxygen atoms in total. The van der Waals surface area contributed by atoms with E-state index in [-0.39, 0.29) is 0 Å². The van der Waals surface area contributed by atoms with E-state index >= 15 is 0 Å². The number of hydrogen-bond donors (Lipinski definition) is 0. The Bertz CT molecular complexity index is 1200. The highest BCUT2D eigenvalue weighted by molar-refractivity contribution is 7.74. The van der Waals surface area contributed by atoms with Gasteiger partial charge in [-0.05, 0) is 94.8 Å². The van der Waals surface area contributed by atoms with E-state index in [9.17, 15) is 0 Å². The van der Waals surface area contributed by atoms with Crippen molar-refractivity contribution < 1.29 is 0 Å². The minimum Gasteiger partial charge on any atom is -0.0622 e. The summed E-state index contributed by atoms with van der Waals surface area (Å²) in [7, 11) is -0.868. The first-order chi connectivity index (χ1) is 17.9. The molecule has 1 aliphatic rings. The fourth-order valence-electron chi connectivity index (χ4n) is 6.55. The monoisotopic (exact) mass is 522 g/mol. The maximum absolute atomic E-state index is 2.59. The molecule has 1 fully saturated rings.